The number of aromatic nitrogens is 1. The highest BCUT2D eigenvalue weighted by Crippen LogP contribution is 2.43. The molecule has 0 atom stereocenters. The zero-order valence-electron chi connectivity index (χ0n) is 28.4. The van der Waals surface area contributed by atoms with Crippen LogP contribution in [0.15, 0.2) is 200 Å². The molecule has 242 valence electrons. The van der Waals surface area contributed by atoms with Crippen molar-refractivity contribution in [3.8, 4) is 44.6 Å². The van der Waals surface area contributed by atoms with Crippen molar-refractivity contribution in [2.24, 2.45) is 7.05 Å². The number of rotatable bonds is 7. The van der Waals surface area contributed by atoms with Gasteiger partial charge in [-0.05, 0) is 86.6 Å². The summed E-state index contributed by atoms with van der Waals surface area (Å²) in [7, 11) is 2.17. The highest BCUT2D eigenvalue weighted by atomic mass is 15.1. The molecule has 0 aliphatic carbocycles. The van der Waals surface area contributed by atoms with E-state index in [4.69, 9.17) is 0 Å². The van der Waals surface area contributed by atoms with Crippen LogP contribution in [0.5, 0.6) is 0 Å². The lowest BCUT2D eigenvalue weighted by molar-refractivity contribution is 0.979. The maximum atomic E-state index is 2.35. The van der Waals surface area contributed by atoms with E-state index in [2.05, 4.69) is 217 Å². The highest BCUT2D eigenvalue weighted by Gasteiger charge is 2.19. The van der Waals surface area contributed by atoms with Gasteiger partial charge in [-0.15, -0.1) is 0 Å². The van der Waals surface area contributed by atoms with Crippen LogP contribution in [-0.2, 0) is 7.05 Å². The molecule has 1 heterocycles. The second-order valence-electron chi connectivity index (χ2n) is 13.0. The molecule has 0 radical (unpaired) electrons. The summed E-state index contributed by atoms with van der Waals surface area (Å²) in [6.45, 7) is 0. The van der Waals surface area contributed by atoms with Crippen LogP contribution in [0, 0.1) is 0 Å². The Labute approximate surface area is 299 Å². The summed E-state index contributed by atoms with van der Waals surface area (Å²) in [6.07, 6.45) is 0. The highest BCUT2D eigenvalue weighted by molar-refractivity contribution is 6.05. The van der Waals surface area contributed by atoms with Crippen LogP contribution in [0.1, 0.15) is 0 Å². The van der Waals surface area contributed by atoms with Gasteiger partial charge >= 0.3 is 0 Å². The lowest BCUT2D eigenvalue weighted by Crippen LogP contribution is -2.09. The van der Waals surface area contributed by atoms with Gasteiger partial charge in [0.2, 0.25) is 0 Å². The van der Waals surface area contributed by atoms with E-state index in [1.807, 2.05) is 0 Å². The fraction of sp³-hybridized carbons (Fsp3) is 0.0204. The Bertz CT molecular complexity index is 2590. The normalized spacial score (nSPS) is 11.2. The SMILES string of the molecule is Cn1c(-c2ccccc2)c(-c2ccc(N(c3ccc(-c4ccccc4)cc3)c3ccc(-c4cccc5ccccc45)cc3)cc2)c2ccccc21. The Balaban J connectivity index is 1.15. The Kier molecular flexibility index (Phi) is 7.75. The van der Waals surface area contributed by atoms with Crippen molar-refractivity contribution in [3.63, 3.8) is 0 Å². The molecule has 0 aliphatic heterocycles. The fourth-order valence-electron chi connectivity index (χ4n) is 7.54. The number of anilines is 3. The average Bonchev–Trinajstić information content (AvgIpc) is 3.51. The van der Waals surface area contributed by atoms with Crippen LogP contribution in [0.25, 0.3) is 66.3 Å². The maximum absolute atomic E-state index is 2.35. The maximum Gasteiger partial charge on any atom is 0.0568 e. The van der Waals surface area contributed by atoms with Gasteiger partial charge in [0.25, 0.3) is 0 Å². The van der Waals surface area contributed by atoms with Crippen molar-refractivity contribution in [2.75, 3.05) is 4.90 Å². The third kappa shape index (κ3) is 5.57. The summed E-state index contributed by atoms with van der Waals surface area (Å²) in [5, 5.41) is 3.77. The van der Waals surface area contributed by atoms with Gasteiger partial charge in [-0.3, -0.25) is 0 Å². The molecule has 51 heavy (non-hydrogen) atoms. The Morgan fingerprint density at radius 2 is 0.824 bits per heavy atom. The predicted octanol–water partition coefficient (Wildman–Crippen LogP) is 13.5. The standard InChI is InChI=1S/C49H36N2/c1-50-47-22-11-10-20-46(47)48(49(50)40-16-6-3-7-17-40)39-27-33-43(34-28-39)51(41-29-23-36(24-30-41)35-13-4-2-5-14-35)42-31-25-38(26-32-42)45-21-12-18-37-15-8-9-19-44(37)45/h2-34H,1H3. The fourth-order valence-corrected chi connectivity index (χ4v) is 7.54. The van der Waals surface area contributed by atoms with Crippen molar-refractivity contribution in [2.45, 2.75) is 0 Å². The van der Waals surface area contributed by atoms with E-state index < -0.39 is 0 Å². The molecule has 0 spiro atoms. The van der Waals surface area contributed by atoms with E-state index in [0.29, 0.717) is 0 Å². The number of hydrogen-bond acceptors (Lipinski definition) is 1. The van der Waals surface area contributed by atoms with Crippen LogP contribution >= 0.6 is 0 Å². The van der Waals surface area contributed by atoms with E-state index in [1.54, 1.807) is 0 Å². The zero-order chi connectivity index (χ0) is 34.1. The topological polar surface area (TPSA) is 8.17 Å². The quantitative estimate of drug-likeness (QED) is 0.166. The molecule has 0 amide bonds. The predicted molar refractivity (Wildman–Crippen MR) is 217 cm³/mol. The van der Waals surface area contributed by atoms with Crippen molar-refractivity contribution in [1.29, 1.82) is 0 Å². The largest absolute Gasteiger partial charge is 0.343 e. The van der Waals surface area contributed by atoms with Gasteiger partial charge in [0.15, 0.2) is 0 Å². The van der Waals surface area contributed by atoms with Crippen LogP contribution in [-0.4, -0.2) is 4.57 Å². The molecule has 2 heteroatoms. The second-order valence-corrected chi connectivity index (χ2v) is 13.0. The number of nitrogens with zero attached hydrogens (tertiary/aromatic N) is 2. The van der Waals surface area contributed by atoms with Crippen molar-refractivity contribution < 1.29 is 0 Å². The lowest BCUT2D eigenvalue weighted by atomic mass is 9.97. The molecule has 0 saturated heterocycles. The monoisotopic (exact) mass is 652 g/mol. The molecule has 0 saturated carbocycles. The summed E-state index contributed by atoms with van der Waals surface area (Å²) in [5.41, 5.74) is 14.3. The molecule has 0 aliphatic rings. The van der Waals surface area contributed by atoms with Gasteiger partial charge in [0.1, 0.15) is 0 Å². The van der Waals surface area contributed by atoms with E-state index in [-0.39, 0.29) is 0 Å². The molecule has 0 fully saturated rings. The van der Waals surface area contributed by atoms with Gasteiger partial charge in [0, 0.05) is 40.6 Å². The minimum atomic E-state index is 1.10. The first-order chi connectivity index (χ1) is 25.2. The Morgan fingerprint density at radius 3 is 1.47 bits per heavy atom. The molecule has 2 nitrogen and oxygen atoms in total. The number of hydrogen-bond donors (Lipinski definition) is 0. The molecule has 9 aromatic rings. The lowest BCUT2D eigenvalue weighted by Gasteiger charge is -2.26. The summed E-state index contributed by atoms with van der Waals surface area (Å²) >= 11 is 0. The molecule has 9 rings (SSSR count). The van der Waals surface area contributed by atoms with Crippen LogP contribution in [0.2, 0.25) is 0 Å². The van der Waals surface area contributed by atoms with Crippen molar-refractivity contribution in [3.05, 3.63) is 200 Å². The van der Waals surface area contributed by atoms with Crippen LogP contribution in [0.4, 0.5) is 17.1 Å². The first kappa shape index (κ1) is 30.4. The molecule has 0 bridgehead atoms. The Morgan fingerprint density at radius 1 is 0.353 bits per heavy atom. The number of benzene rings is 8. The first-order valence-electron chi connectivity index (χ1n) is 17.5. The summed E-state index contributed by atoms with van der Waals surface area (Å²) in [5.74, 6) is 0. The minimum absolute atomic E-state index is 1.10. The van der Waals surface area contributed by atoms with E-state index in [1.165, 1.54) is 66.3 Å². The third-order valence-electron chi connectivity index (χ3n) is 10.0. The van der Waals surface area contributed by atoms with Gasteiger partial charge in [0.05, 0.1) is 5.69 Å². The molecule has 0 unspecified atom stereocenters. The van der Waals surface area contributed by atoms with Gasteiger partial charge in [-0.1, -0.05) is 158 Å². The first-order valence-corrected chi connectivity index (χ1v) is 17.5. The Hall–Kier alpha value is -6.64. The smallest absolute Gasteiger partial charge is 0.0568 e. The summed E-state index contributed by atoms with van der Waals surface area (Å²) in [6, 6.07) is 72.1. The third-order valence-corrected chi connectivity index (χ3v) is 10.0. The zero-order valence-corrected chi connectivity index (χ0v) is 28.4. The summed E-state index contributed by atoms with van der Waals surface area (Å²) in [4.78, 5) is 2.35. The van der Waals surface area contributed by atoms with Crippen LogP contribution < -0.4 is 4.90 Å². The number of fused-ring (bicyclic) bond motifs is 2. The molecular weight excluding hydrogens is 617 g/mol. The number of aryl methyl sites for hydroxylation is 1. The average molecular weight is 653 g/mol. The van der Waals surface area contributed by atoms with E-state index >= 15 is 0 Å². The molecule has 1 aromatic heterocycles. The van der Waals surface area contributed by atoms with Gasteiger partial charge < -0.3 is 9.47 Å². The molecule has 0 N–H and O–H groups in total. The molecule has 8 aromatic carbocycles. The van der Waals surface area contributed by atoms with Gasteiger partial charge in [-0.2, -0.15) is 0 Å². The van der Waals surface area contributed by atoms with Crippen LogP contribution in [0.3, 0.4) is 0 Å². The second kappa shape index (κ2) is 13.0. The van der Waals surface area contributed by atoms with Gasteiger partial charge in [-0.25, -0.2) is 0 Å². The van der Waals surface area contributed by atoms with Crippen molar-refractivity contribution in [1.82, 2.24) is 4.57 Å². The molecular formula is C49H36N2. The number of para-hydroxylation sites is 1. The minimum Gasteiger partial charge on any atom is -0.343 e. The van der Waals surface area contributed by atoms with E-state index in [0.717, 1.165) is 17.1 Å². The van der Waals surface area contributed by atoms with Crippen molar-refractivity contribution >= 4 is 38.7 Å². The van der Waals surface area contributed by atoms with E-state index in [9.17, 15) is 0 Å². The summed E-state index contributed by atoms with van der Waals surface area (Å²) < 4.78 is 2.33.